The number of amides is 1. The zero-order valence-electron chi connectivity index (χ0n) is 18.1. The second-order valence-corrected chi connectivity index (χ2v) is 8.31. The number of phenols is 1. The Morgan fingerprint density at radius 2 is 1.79 bits per heavy atom. The fourth-order valence-corrected chi connectivity index (χ4v) is 4.61. The van der Waals surface area contributed by atoms with Gasteiger partial charge in [0, 0.05) is 24.6 Å². The lowest BCUT2D eigenvalue weighted by atomic mass is 9.88. The van der Waals surface area contributed by atoms with E-state index in [1.54, 1.807) is 54.6 Å². The first-order valence-electron chi connectivity index (χ1n) is 11.0. The summed E-state index contributed by atoms with van der Waals surface area (Å²) < 4.78 is 1.06. The zero-order chi connectivity index (χ0) is 23.8. The summed E-state index contributed by atoms with van der Waals surface area (Å²) in [6.07, 6.45) is 0.301. The first kappa shape index (κ1) is 21.4. The number of nitrogens with zero attached hydrogens (tertiary/aromatic N) is 3. The lowest BCUT2D eigenvalue weighted by molar-refractivity contribution is 0.130. The number of aromatic nitrogens is 3. The van der Waals surface area contributed by atoms with Crippen molar-refractivity contribution in [3.8, 4) is 22.7 Å². The molecule has 9 nitrogen and oxygen atoms in total. The number of nitrogens with one attached hydrogen (secondary N) is 1. The van der Waals surface area contributed by atoms with Crippen LogP contribution in [0.3, 0.4) is 0 Å². The maximum atomic E-state index is 13.7. The highest BCUT2D eigenvalue weighted by Crippen LogP contribution is 2.35. The second kappa shape index (κ2) is 8.51. The standard InChI is InChI=1S/C25H22N4O5/c30-20-11-5-4-10-17(20)19-13-18(15-7-6-12-28(14-15)25(33)34)21-22(26-19)27-24(32)29(23(21)31)16-8-2-1-3-9-16/h1-5,8-11,13,15,30H,6-7,12,14H2,(H,33,34)(H,26,27,32). The number of phenolic OH excluding ortho intramolecular Hbond substituents is 1. The molecule has 1 aliphatic heterocycles. The molecule has 9 heteroatoms. The molecule has 0 bridgehead atoms. The molecule has 0 aliphatic carbocycles. The number of piperidine rings is 1. The molecule has 3 N–H and O–H groups in total. The highest BCUT2D eigenvalue weighted by atomic mass is 16.4. The Bertz CT molecular complexity index is 1510. The molecule has 1 saturated heterocycles. The van der Waals surface area contributed by atoms with Crippen molar-refractivity contribution in [2.75, 3.05) is 13.1 Å². The number of hydrogen-bond donors (Lipinski definition) is 3. The number of para-hydroxylation sites is 2. The van der Waals surface area contributed by atoms with Crippen LogP contribution in [-0.4, -0.2) is 48.8 Å². The van der Waals surface area contributed by atoms with Gasteiger partial charge in [0.1, 0.15) is 11.4 Å². The van der Waals surface area contributed by atoms with Crippen molar-refractivity contribution in [2.24, 2.45) is 0 Å². The van der Waals surface area contributed by atoms with Gasteiger partial charge in [-0.3, -0.25) is 9.78 Å². The first-order valence-corrected chi connectivity index (χ1v) is 11.0. The van der Waals surface area contributed by atoms with Crippen molar-refractivity contribution >= 4 is 17.1 Å². The number of carbonyl (C=O) groups is 1. The molecule has 3 heterocycles. The summed E-state index contributed by atoms with van der Waals surface area (Å²) in [7, 11) is 0. The summed E-state index contributed by atoms with van der Waals surface area (Å²) in [5.41, 5.74) is 0.800. The van der Waals surface area contributed by atoms with E-state index < -0.39 is 17.3 Å². The molecule has 34 heavy (non-hydrogen) atoms. The molecule has 2 aromatic carbocycles. The number of pyridine rings is 1. The van der Waals surface area contributed by atoms with Gasteiger partial charge in [0.15, 0.2) is 0 Å². The van der Waals surface area contributed by atoms with Gasteiger partial charge in [0.2, 0.25) is 0 Å². The first-order chi connectivity index (χ1) is 16.4. The molecule has 1 amide bonds. The van der Waals surface area contributed by atoms with Gasteiger partial charge in [-0.2, -0.15) is 0 Å². The van der Waals surface area contributed by atoms with Crippen LogP contribution in [0.4, 0.5) is 4.79 Å². The van der Waals surface area contributed by atoms with Gasteiger partial charge in [-0.25, -0.2) is 19.1 Å². The van der Waals surface area contributed by atoms with Gasteiger partial charge in [-0.15, -0.1) is 0 Å². The molecule has 0 saturated carbocycles. The van der Waals surface area contributed by atoms with Crippen LogP contribution in [-0.2, 0) is 0 Å². The van der Waals surface area contributed by atoms with Gasteiger partial charge in [0.05, 0.1) is 16.8 Å². The minimum atomic E-state index is -1.01. The maximum Gasteiger partial charge on any atom is 0.407 e. The minimum absolute atomic E-state index is 0.0103. The number of hydrogen-bond acceptors (Lipinski definition) is 5. The number of fused-ring (bicyclic) bond motifs is 1. The Kier molecular flexibility index (Phi) is 5.37. The second-order valence-electron chi connectivity index (χ2n) is 8.31. The molecule has 0 spiro atoms. The summed E-state index contributed by atoms with van der Waals surface area (Å²) in [5.74, 6) is -0.265. The van der Waals surface area contributed by atoms with Gasteiger partial charge < -0.3 is 15.1 Å². The van der Waals surface area contributed by atoms with Gasteiger partial charge in [-0.05, 0) is 48.7 Å². The van der Waals surface area contributed by atoms with Crippen molar-refractivity contribution in [1.29, 1.82) is 0 Å². The van der Waals surface area contributed by atoms with E-state index >= 15 is 0 Å². The maximum absolute atomic E-state index is 13.7. The molecule has 1 fully saturated rings. The van der Waals surface area contributed by atoms with E-state index in [4.69, 9.17) is 0 Å². The Balaban J connectivity index is 1.80. The fourth-order valence-electron chi connectivity index (χ4n) is 4.61. The van der Waals surface area contributed by atoms with Crippen LogP contribution in [0.15, 0.2) is 70.3 Å². The summed E-state index contributed by atoms with van der Waals surface area (Å²) in [4.78, 5) is 46.8. The number of benzene rings is 2. The zero-order valence-corrected chi connectivity index (χ0v) is 18.1. The number of carboxylic acid groups (broad SMARTS) is 1. The number of likely N-dealkylation sites (tertiary alicyclic amines) is 1. The average Bonchev–Trinajstić information content (AvgIpc) is 2.84. The van der Waals surface area contributed by atoms with Crippen LogP contribution in [0, 0.1) is 0 Å². The van der Waals surface area contributed by atoms with Crippen molar-refractivity contribution in [3.63, 3.8) is 0 Å². The molecular formula is C25H22N4O5. The molecule has 0 radical (unpaired) electrons. The topological polar surface area (TPSA) is 129 Å². The number of aromatic amines is 1. The van der Waals surface area contributed by atoms with Crippen LogP contribution < -0.4 is 11.2 Å². The quantitative estimate of drug-likeness (QED) is 0.432. The largest absolute Gasteiger partial charge is 0.507 e. The van der Waals surface area contributed by atoms with E-state index in [-0.39, 0.29) is 29.2 Å². The number of rotatable bonds is 3. The van der Waals surface area contributed by atoms with Crippen molar-refractivity contribution in [1.82, 2.24) is 19.4 Å². The lowest BCUT2D eigenvalue weighted by Crippen LogP contribution is -2.39. The molecule has 1 atom stereocenters. The molecule has 172 valence electrons. The van der Waals surface area contributed by atoms with Crippen molar-refractivity contribution in [3.05, 3.63) is 87.1 Å². The van der Waals surface area contributed by atoms with E-state index in [0.717, 1.165) is 4.57 Å². The molecule has 4 aromatic rings. The van der Waals surface area contributed by atoms with E-state index in [1.807, 2.05) is 0 Å². The average molecular weight is 458 g/mol. The Hall–Kier alpha value is -4.40. The summed E-state index contributed by atoms with van der Waals surface area (Å²) in [6.45, 7) is 0.644. The molecule has 1 unspecified atom stereocenters. The third-order valence-corrected chi connectivity index (χ3v) is 6.22. The van der Waals surface area contributed by atoms with Crippen molar-refractivity contribution in [2.45, 2.75) is 18.8 Å². The predicted octanol–water partition coefficient (Wildman–Crippen LogP) is 3.30. The Morgan fingerprint density at radius 1 is 1.06 bits per heavy atom. The SMILES string of the molecule is O=C(O)N1CCCC(c2cc(-c3ccccc3O)nc3[nH]c(=O)n(-c4ccccc4)c(=O)c23)C1. The summed E-state index contributed by atoms with van der Waals surface area (Å²) in [5, 5.41) is 20.2. The molecule has 1 aliphatic rings. The van der Waals surface area contributed by atoms with E-state index in [9.17, 15) is 24.6 Å². The van der Waals surface area contributed by atoms with Crippen LogP contribution in [0.5, 0.6) is 5.75 Å². The van der Waals surface area contributed by atoms with E-state index in [1.165, 1.54) is 11.0 Å². The lowest BCUT2D eigenvalue weighted by Gasteiger charge is -2.31. The number of aromatic hydroxyl groups is 1. The van der Waals surface area contributed by atoms with Crippen LogP contribution in [0.2, 0.25) is 0 Å². The highest BCUT2D eigenvalue weighted by Gasteiger charge is 2.28. The normalized spacial score (nSPS) is 16.0. The highest BCUT2D eigenvalue weighted by molar-refractivity contribution is 5.83. The van der Waals surface area contributed by atoms with Crippen molar-refractivity contribution < 1.29 is 15.0 Å². The van der Waals surface area contributed by atoms with Gasteiger partial charge in [-0.1, -0.05) is 30.3 Å². The predicted molar refractivity (Wildman–Crippen MR) is 127 cm³/mol. The monoisotopic (exact) mass is 458 g/mol. The van der Waals surface area contributed by atoms with Gasteiger partial charge in [0.25, 0.3) is 5.56 Å². The molecule has 2 aromatic heterocycles. The fraction of sp³-hybridized carbons (Fsp3) is 0.200. The van der Waals surface area contributed by atoms with Crippen LogP contribution in [0.25, 0.3) is 28.0 Å². The van der Waals surface area contributed by atoms with Gasteiger partial charge >= 0.3 is 11.8 Å². The summed E-state index contributed by atoms with van der Waals surface area (Å²) in [6, 6.07) is 17.0. The third-order valence-electron chi connectivity index (χ3n) is 6.22. The minimum Gasteiger partial charge on any atom is -0.507 e. The number of H-pyrrole nitrogens is 1. The third kappa shape index (κ3) is 3.71. The van der Waals surface area contributed by atoms with Crippen LogP contribution >= 0.6 is 0 Å². The summed E-state index contributed by atoms with van der Waals surface area (Å²) >= 11 is 0. The smallest absolute Gasteiger partial charge is 0.407 e. The van der Waals surface area contributed by atoms with E-state index in [0.29, 0.717) is 41.9 Å². The van der Waals surface area contributed by atoms with E-state index in [2.05, 4.69) is 9.97 Å². The Labute approximate surface area is 193 Å². The Morgan fingerprint density at radius 3 is 2.53 bits per heavy atom. The molecular weight excluding hydrogens is 436 g/mol. The molecule has 5 rings (SSSR count). The van der Waals surface area contributed by atoms with Crippen LogP contribution in [0.1, 0.15) is 24.3 Å².